The highest BCUT2D eigenvalue weighted by Crippen LogP contribution is 2.23. The van der Waals surface area contributed by atoms with Gasteiger partial charge in [0.1, 0.15) is 0 Å². The van der Waals surface area contributed by atoms with E-state index >= 15 is 0 Å². The van der Waals surface area contributed by atoms with Gasteiger partial charge in [-0.05, 0) is 44.5 Å². The summed E-state index contributed by atoms with van der Waals surface area (Å²) >= 11 is 6.13. The SMILES string of the molecule is Cc1ccc(NC(=O)CN2CCC(N(C)CC(=O)O)CC2)c(Cl)c1.Cl. The number of amides is 1. The van der Waals surface area contributed by atoms with Gasteiger partial charge in [0.25, 0.3) is 0 Å². The summed E-state index contributed by atoms with van der Waals surface area (Å²) in [6.07, 6.45) is 1.73. The Bertz CT molecular complexity index is 605. The van der Waals surface area contributed by atoms with Crippen molar-refractivity contribution in [3.63, 3.8) is 0 Å². The van der Waals surface area contributed by atoms with Gasteiger partial charge in [-0.15, -0.1) is 12.4 Å². The second-order valence-corrected chi connectivity index (χ2v) is 6.75. The number of aliphatic carboxylic acids is 1. The molecule has 1 aromatic carbocycles. The number of aryl methyl sites for hydroxylation is 1. The summed E-state index contributed by atoms with van der Waals surface area (Å²) < 4.78 is 0. The van der Waals surface area contributed by atoms with E-state index in [2.05, 4.69) is 10.2 Å². The molecule has 0 aromatic heterocycles. The van der Waals surface area contributed by atoms with Gasteiger partial charge in [0.2, 0.25) is 5.91 Å². The third-order valence-corrected chi connectivity index (χ3v) is 4.64. The molecule has 8 heteroatoms. The van der Waals surface area contributed by atoms with Crippen LogP contribution in [0.4, 0.5) is 5.69 Å². The smallest absolute Gasteiger partial charge is 0.317 e. The first kappa shape index (κ1) is 21.7. The number of carbonyl (C=O) groups excluding carboxylic acids is 1. The number of carbonyl (C=O) groups is 2. The number of carboxylic acids is 1. The van der Waals surface area contributed by atoms with Crippen molar-refractivity contribution in [1.29, 1.82) is 0 Å². The highest BCUT2D eigenvalue weighted by molar-refractivity contribution is 6.33. The molecule has 1 aliphatic heterocycles. The van der Waals surface area contributed by atoms with Crippen LogP contribution in [-0.2, 0) is 9.59 Å². The Morgan fingerprint density at radius 3 is 2.56 bits per heavy atom. The van der Waals surface area contributed by atoms with E-state index in [0.717, 1.165) is 31.5 Å². The molecule has 0 atom stereocenters. The van der Waals surface area contributed by atoms with Crippen molar-refractivity contribution in [2.75, 3.05) is 38.5 Å². The molecule has 25 heavy (non-hydrogen) atoms. The highest BCUT2D eigenvalue weighted by atomic mass is 35.5. The fraction of sp³-hybridized carbons (Fsp3) is 0.529. The second kappa shape index (κ2) is 9.97. The molecular weight excluding hydrogens is 365 g/mol. The van der Waals surface area contributed by atoms with Gasteiger partial charge in [0.15, 0.2) is 0 Å². The number of nitrogens with zero attached hydrogens (tertiary/aromatic N) is 2. The van der Waals surface area contributed by atoms with Crippen LogP contribution >= 0.6 is 24.0 Å². The van der Waals surface area contributed by atoms with Crippen LogP contribution in [0, 0.1) is 6.92 Å². The molecule has 1 fully saturated rings. The number of nitrogens with one attached hydrogen (secondary N) is 1. The summed E-state index contributed by atoms with van der Waals surface area (Å²) in [5, 5.41) is 12.2. The van der Waals surface area contributed by atoms with Crippen LogP contribution in [0.25, 0.3) is 0 Å². The zero-order chi connectivity index (χ0) is 17.7. The first-order chi connectivity index (χ1) is 11.3. The molecule has 1 aromatic rings. The van der Waals surface area contributed by atoms with E-state index in [1.807, 2.05) is 37.1 Å². The first-order valence-electron chi connectivity index (χ1n) is 8.05. The molecule has 0 spiro atoms. The fourth-order valence-electron chi connectivity index (χ4n) is 2.98. The maximum absolute atomic E-state index is 12.2. The Hall–Kier alpha value is -1.34. The molecular formula is C17H25Cl2N3O3. The molecule has 1 aliphatic rings. The minimum atomic E-state index is -0.811. The number of hydrogen-bond donors (Lipinski definition) is 2. The van der Waals surface area contributed by atoms with Crippen molar-refractivity contribution in [3.05, 3.63) is 28.8 Å². The Morgan fingerprint density at radius 2 is 2.00 bits per heavy atom. The normalized spacial score (nSPS) is 15.7. The average Bonchev–Trinajstić information content (AvgIpc) is 2.50. The highest BCUT2D eigenvalue weighted by Gasteiger charge is 2.24. The fourth-order valence-corrected chi connectivity index (χ4v) is 3.26. The van der Waals surface area contributed by atoms with Gasteiger partial charge >= 0.3 is 5.97 Å². The van der Waals surface area contributed by atoms with E-state index in [1.165, 1.54) is 0 Å². The van der Waals surface area contributed by atoms with Crippen molar-refractivity contribution in [2.45, 2.75) is 25.8 Å². The van der Waals surface area contributed by atoms with Gasteiger partial charge in [-0.1, -0.05) is 17.7 Å². The standard InChI is InChI=1S/C17H24ClN3O3.ClH/c1-12-3-4-15(14(18)9-12)19-16(22)10-21-7-5-13(6-8-21)20(2)11-17(23)24;/h3-4,9,13H,5-8,10-11H2,1-2H3,(H,19,22)(H,23,24);1H. The van der Waals surface area contributed by atoms with E-state index in [-0.39, 0.29) is 30.9 Å². The Labute approximate surface area is 159 Å². The van der Waals surface area contributed by atoms with E-state index < -0.39 is 5.97 Å². The van der Waals surface area contributed by atoms with Gasteiger partial charge in [-0.3, -0.25) is 19.4 Å². The van der Waals surface area contributed by atoms with E-state index in [1.54, 1.807) is 0 Å². The largest absolute Gasteiger partial charge is 0.480 e. The maximum atomic E-state index is 12.2. The summed E-state index contributed by atoms with van der Waals surface area (Å²) in [6, 6.07) is 5.79. The average molecular weight is 390 g/mol. The molecule has 2 rings (SSSR count). The molecule has 0 bridgehead atoms. The van der Waals surface area contributed by atoms with Crippen LogP contribution in [-0.4, -0.2) is 66.1 Å². The van der Waals surface area contributed by atoms with Crippen LogP contribution < -0.4 is 5.32 Å². The second-order valence-electron chi connectivity index (χ2n) is 6.35. The molecule has 1 amide bonds. The molecule has 140 valence electrons. The molecule has 1 saturated heterocycles. The monoisotopic (exact) mass is 389 g/mol. The number of likely N-dealkylation sites (N-methyl/N-ethyl adjacent to an activating group) is 1. The topological polar surface area (TPSA) is 72.9 Å². The number of benzene rings is 1. The number of rotatable bonds is 6. The summed E-state index contributed by atoms with van der Waals surface area (Å²) in [6.45, 7) is 3.88. The van der Waals surface area contributed by atoms with E-state index in [4.69, 9.17) is 16.7 Å². The summed E-state index contributed by atoms with van der Waals surface area (Å²) in [4.78, 5) is 26.9. The van der Waals surface area contributed by atoms with Crippen molar-refractivity contribution in [2.24, 2.45) is 0 Å². The molecule has 0 aliphatic carbocycles. The predicted molar refractivity (Wildman–Crippen MR) is 102 cm³/mol. The van der Waals surface area contributed by atoms with Crippen LogP contribution in [0.1, 0.15) is 18.4 Å². The molecule has 1 heterocycles. The van der Waals surface area contributed by atoms with Gasteiger partial charge in [0, 0.05) is 19.1 Å². The van der Waals surface area contributed by atoms with Crippen molar-refractivity contribution in [3.8, 4) is 0 Å². The van der Waals surface area contributed by atoms with Crippen LogP contribution in [0.2, 0.25) is 5.02 Å². The lowest BCUT2D eigenvalue weighted by Crippen LogP contribution is -2.46. The quantitative estimate of drug-likeness (QED) is 0.781. The van der Waals surface area contributed by atoms with Gasteiger partial charge in [-0.2, -0.15) is 0 Å². The Morgan fingerprint density at radius 1 is 1.36 bits per heavy atom. The summed E-state index contributed by atoms with van der Waals surface area (Å²) in [7, 11) is 1.83. The van der Waals surface area contributed by atoms with Gasteiger partial charge < -0.3 is 10.4 Å². The third kappa shape index (κ3) is 6.82. The Balaban J connectivity index is 0.00000312. The van der Waals surface area contributed by atoms with Gasteiger partial charge in [-0.25, -0.2) is 0 Å². The van der Waals surface area contributed by atoms with Crippen LogP contribution in [0.15, 0.2) is 18.2 Å². The van der Waals surface area contributed by atoms with Gasteiger partial charge in [0.05, 0.1) is 23.8 Å². The molecule has 6 nitrogen and oxygen atoms in total. The number of hydrogen-bond acceptors (Lipinski definition) is 4. The van der Waals surface area contributed by atoms with E-state index in [0.29, 0.717) is 17.3 Å². The summed E-state index contributed by atoms with van der Waals surface area (Å²) in [5.74, 6) is -0.896. The lowest BCUT2D eigenvalue weighted by atomic mass is 10.0. The number of piperidine rings is 1. The Kier molecular flexibility index (Phi) is 8.65. The summed E-state index contributed by atoms with van der Waals surface area (Å²) in [5.41, 5.74) is 1.67. The predicted octanol–water partition coefficient (Wildman–Crippen LogP) is 2.49. The minimum Gasteiger partial charge on any atom is -0.480 e. The minimum absolute atomic E-state index is 0. The molecule has 0 saturated carbocycles. The molecule has 2 N–H and O–H groups in total. The lowest BCUT2D eigenvalue weighted by molar-refractivity contribution is -0.138. The number of halogens is 2. The van der Waals surface area contributed by atoms with E-state index in [9.17, 15) is 9.59 Å². The molecule has 0 unspecified atom stereocenters. The van der Waals surface area contributed by atoms with Crippen LogP contribution in [0.5, 0.6) is 0 Å². The zero-order valence-electron chi connectivity index (χ0n) is 14.5. The number of anilines is 1. The third-order valence-electron chi connectivity index (χ3n) is 4.33. The van der Waals surface area contributed by atoms with Crippen molar-refractivity contribution < 1.29 is 14.7 Å². The zero-order valence-corrected chi connectivity index (χ0v) is 16.1. The lowest BCUT2D eigenvalue weighted by Gasteiger charge is -2.35. The van der Waals surface area contributed by atoms with Crippen molar-refractivity contribution in [1.82, 2.24) is 9.80 Å². The number of carboxylic acid groups (broad SMARTS) is 1. The maximum Gasteiger partial charge on any atom is 0.317 e. The van der Waals surface area contributed by atoms with Crippen molar-refractivity contribution >= 4 is 41.6 Å². The first-order valence-corrected chi connectivity index (χ1v) is 8.43. The van der Waals surface area contributed by atoms with Crippen LogP contribution in [0.3, 0.4) is 0 Å². The number of likely N-dealkylation sites (tertiary alicyclic amines) is 1. The molecule has 0 radical (unpaired) electrons.